The molecular formula is C19H19N3OS. The number of rotatable bonds is 5. The Morgan fingerprint density at radius 1 is 1.29 bits per heavy atom. The summed E-state index contributed by atoms with van der Waals surface area (Å²) >= 11 is 1.57. The van der Waals surface area contributed by atoms with E-state index in [1.54, 1.807) is 17.6 Å². The molecule has 0 saturated heterocycles. The summed E-state index contributed by atoms with van der Waals surface area (Å²) in [6.45, 7) is 4.28. The van der Waals surface area contributed by atoms with Crippen molar-refractivity contribution in [1.82, 2.24) is 10.4 Å². The van der Waals surface area contributed by atoms with Gasteiger partial charge in [0.1, 0.15) is 0 Å². The van der Waals surface area contributed by atoms with Crippen molar-refractivity contribution in [1.29, 1.82) is 0 Å². The smallest absolute Gasteiger partial charge is 0.267 e. The van der Waals surface area contributed by atoms with Gasteiger partial charge in [-0.15, -0.1) is 11.3 Å². The molecule has 0 bridgehead atoms. The third-order valence-electron chi connectivity index (χ3n) is 3.53. The Hall–Kier alpha value is -2.53. The Labute approximate surface area is 145 Å². The maximum atomic E-state index is 12.6. The van der Waals surface area contributed by atoms with Crippen LogP contribution in [-0.4, -0.2) is 17.1 Å². The molecule has 2 aromatic heterocycles. The van der Waals surface area contributed by atoms with E-state index in [0.29, 0.717) is 11.5 Å². The van der Waals surface area contributed by atoms with Crippen LogP contribution in [0.15, 0.2) is 52.9 Å². The number of hydrogen-bond acceptors (Lipinski definition) is 4. The molecule has 2 heterocycles. The standard InChI is InChI=1S/C19H19N3OS/c1-13(2)10-14-11-17(16-7-3-4-8-18(16)21-14)19(23)22-20-12-15-6-5-9-24-15/h3-9,11-13H,10H2,1-2H3,(H,22,23)/b20-12+. The number of pyridine rings is 1. The van der Waals surface area contributed by atoms with Gasteiger partial charge in [0.15, 0.2) is 0 Å². The lowest BCUT2D eigenvalue weighted by Crippen LogP contribution is -2.18. The topological polar surface area (TPSA) is 54.4 Å². The molecule has 4 nitrogen and oxygen atoms in total. The van der Waals surface area contributed by atoms with E-state index in [0.717, 1.165) is 27.9 Å². The van der Waals surface area contributed by atoms with Crippen LogP contribution in [0.5, 0.6) is 0 Å². The van der Waals surface area contributed by atoms with Gasteiger partial charge >= 0.3 is 0 Å². The SMILES string of the molecule is CC(C)Cc1cc(C(=O)N/N=C/c2cccs2)c2ccccc2n1. The average Bonchev–Trinajstić information content (AvgIpc) is 3.06. The Bertz CT molecular complexity index is 869. The molecule has 3 aromatic rings. The van der Waals surface area contributed by atoms with Gasteiger partial charge in [0, 0.05) is 16.0 Å². The molecule has 0 spiro atoms. The molecule has 3 rings (SSSR count). The normalized spacial score (nSPS) is 11.5. The molecule has 1 aromatic carbocycles. The lowest BCUT2D eigenvalue weighted by Gasteiger charge is -2.10. The fraction of sp³-hybridized carbons (Fsp3) is 0.211. The Morgan fingerprint density at radius 2 is 2.12 bits per heavy atom. The van der Waals surface area contributed by atoms with Crippen molar-refractivity contribution in [2.45, 2.75) is 20.3 Å². The van der Waals surface area contributed by atoms with Gasteiger partial charge in [0.05, 0.1) is 17.3 Å². The first kappa shape index (κ1) is 16.3. The molecule has 0 saturated carbocycles. The van der Waals surface area contributed by atoms with Crippen LogP contribution in [0.3, 0.4) is 0 Å². The summed E-state index contributed by atoms with van der Waals surface area (Å²) in [5, 5.41) is 6.86. The number of hydrazone groups is 1. The molecule has 0 fully saturated rings. The maximum absolute atomic E-state index is 12.6. The number of nitrogens with one attached hydrogen (secondary N) is 1. The number of para-hydroxylation sites is 1. The third-order valence-corrected chi connectivity index (χ3v) is 4.34. The highest BCUT2D eigenvalue weighted by Gasteiger charge is 2.13. The molecule has 122 valence electrons. The monoisotopic (exact) mass is 337 g/mol. The number of amides is 1. The minimum Gasteiger partial charge on any atom is -0.267 e. The third kappa shape index (κ3) is 3.86. The van der Waals surface area contributed by atoms with Crippen LogP contribution in [0.2, 0.25) is 0 Å². The average molecular weight is 337 g/mol. The number of thiophene rings is 1. The molecule has 5 heteroatoms. The quantitative estimate of drug-likeness (QED) is 0.559. The highest BCUT2D eigenvalue weighted by atomic mass is 32.1. The lowest BCUT2D eigenvalue weighted by atomic mass is 10.0. The van der Waals surface area contributed by atoms with E-state index in [2.05, 4.69) is 29.4 Å². The summed E-state index contributed by atoms with van der Waals surface area (Å²) in [5.41, 5.74) is 4.99. The first-order valence-corrected chi connectivity index (χ1v) is 8.77. The van der Waals surface area contributed by atoms with Gasteiger partial charge in [0.25, 0.3) is 5.91 Å². The minimum atomic E-state index is -0.216. The number of hydrogen-bond donors (Lipinski definition) is 1. The summed E-state index contributed by atoms with van der Waals surface area (Å²) in [6.07, 6.45) is 2.49. The Morgan fingerprint density at radius 3 is 2.88 bits per heavy atom. The van der Waals surface area contributed by atoms with Crippen molar-refractivity contribution in [3.8, 4) is 0 Å². The predicted molar refractivity (Wildman–Crippen MR) is 99.7 cm³/mol. The zero-order valence-electron chi connectivity index (χ0n) is 13.7. The first-order chi connectivity index (χ1) is 11.6. The van der Waals surface area contributed by atoms with E-state index >= 15 is 0 Å². The molecule has 1 N–H and O–H groups in total. The summed E-state index contributed by atoms with van der Waals surface area (Å²) in [5.74, 6) is 0.262. The highest BCUT2D eigenvalue weighted by molar-refractivity contribution is 7.11. The first-order valence-electron chi connectivity index (χ1n) is 7.89. The molecular weight excluding hydrogens is 318 g/mol. The molecule has 0 aliphatic rings. The van der Waals surface area contributed by atoms with Gasteiger partial charge in [0.2, 0.25) is 0 Å². The summed E-state index contributed by atoms with van der Waals surface area (Å²) < 4.78 is 0. The number of carbonyl (C=O) groups excluding carboxylic acids is 1. The van der Waals surface area contributed by atoms with Crippen LogP contribution in [0, 0.1) is 5.92 Å². The van der Waals surface area contributed by atoms with Crippen molar-refractivity contribution >= 4 is 34.4 Å². The molecule has 0 aliphatic carbocycles. The molecule has 0 radical (unpaired) electrons. The van der Waals surface area contributed by atoms with E-state index in [1.165, 1.54) is 0 Å². The van der Waals surface area contributed by atoms with Crippen molar-refractivity contribution in [3.05, 3.63) is 64.0 Å². The minimum absolute atomic E-state index is 0.216. The number of fused-ring (bicyclic) bond motifs is 1. The number of benzene rings is 1. The molecule has 0 unspecified atom stereocenters. The van der Waals surface area contributed by atoms with E-state index in [4.69, 9.17) is 0 Å². The number of aromatic nitrogens is 1. The predicted octanol–water partition coefficient (Wildman–Crippen LogP) is 4.26. The Kier molecular flexibility index (Phi) is 5.01. The molecule has 0 aliphatic heterocycles. The second-order valence-corrected chi connectivity index (χ2v) is 6.97. The van der Waals surface area contributed by atoms with Crippen LogP contribution < -0.4 is 5.43 Å². The van der Waals surface area contributed by atoms with Gasteiger partial charge in [-0.1, -0.05) is 38.1 Å². The van der Waals surface area contributed by atoms with Crippen LogP contribution in [0.1, 0.15) is 34.8 Å². The van der Waals surface area contributed by atoms with Gasteiger partial charge in [-0.05, 0) is 35.9 Å². The second kappa shape index (κ2) is 7.36. The van der Waals surface area contributed by atoms with Crippen molar-refractivity contribution in [2.75, 3.05) is 0 Å². The van der Waals surface area contributed by atoms with Crippen molar-refractivity contribution in [3.63, 3.8) is 0 Å². The van der Waals surface area contributed by atoms with E-state index in [9.17, 15) is 4.79 Å². The van der Waals surface area contributed by atoms with Crippen molar-refractivity contribution < 1.29 is 4.79 Å². The van der Waals surface area contributed by atoms with Gasteiger partial charge in [-0.25, -0.2) is 5.43 Å². The fourth-order valence-corrected chi connectivity index (χ4v) is 3.11. The van der Waals surface area contributed by atoms with Gasteiger partial charge < -0.3 is 0 Å². The van der Waals surface area contributed by atoms with Crippen molar-refractivity contribution in [2.24, 2.45) is 11.0 Å². The Balaban J connectivity index is 1.89. The molecule has 24 heavy (non-hydrogen) atoms. The number of carbonyl (C=O) groups is 1. The van der Waals surface area contributed by atoms with E-state index < -0.39 is 0 Å². The van der Waals surface area contributed by atoms with Crippen LogP contribution in [0.4, 0.5) is 0 Å². The summed E-state index contributed by atoms with van der Waals surface area (Å²) in [7, 11) is 0. The lowest BCUT2D eigenvalue weighted by molar-refractivity contribution is 0.0956. The highest BCUT2D eigenvalue weighted by Crippen LogP contribution is 2.20. The second-order valence-electron chi connectivity index (χ2n) is 5.99. The van der Waals surface area contributed by atoms with E-state index in [-0.39, 0.29) is 5.91 Å². The summed E-state index contributed by atoms with van der Waals surface area (Å²) in [4.78, 5) is 18.2. The zero-order valence-corrected chi connectivity index (χ0v) is 14.5. The van der Waals surface area contributed by atoms with Crippen LogP contribution in [0.25, 0.3) is 10.9 Å². The number of nitrogens with zero attached hydrogens (tertiary/aromatic N) is 2. The zero-order chi connectivity index (χ0) is 16.9. The molecule has 1 amide bonds. The van der Waals surface area contributed by atoms with Crippen LogP contribution in [-0.2, 0) is 6.42 Å². The fourth-order valence-electron chi connectivity index (χ4n) is 2.52. The van der Waals surface area contributed by atoms with E-state index in [1.807, 2.05) is 47.8 Å². The molecule has 0 atom stereocenters. The largest absolute Gasteiger partial charge is 0.272 e. The van der Waals surface area contributed by atoms with Gasteiger partial charge in [-0.3, -0.25) is 9.78 Å². The van der Waals surface area contributed by atoms with Crippen LogP contribution >= 0.6 is 11.3 Å². The summed E-state index contributed by atoms with van der Waals surface area (Å²) in [6, 6.07) is 13.5. The maximum Gasteiger partial charge on any atom is 0.272 e. The van der Waals surface area contributed by atoms with Gasteiger partial charge in [-0.2, -0.15) is 5.10 Å².